The van der Waals surface area contributed by atoms with Crippen LogP contribution in [0.5, 0.6) is 5.75 Å². The fourth-order valence-corrected chi connectivity index (χ4v) is 3.24. The Morgan fingerprint density at radius 3 is 2.71 bits per heavy atom. The molecule has 0 spiro atoms. The highest BCUT2D eigenvalue weighted by Crippen LogP contribution is 2.28. The summed E-state index contributed by atoms with van der Waals surface area (Å²) in [5.41, 5.74) is 2.69. The second-order valence-electron chi connectivity index (χ2n) is 5.97. The first-order valence-corrected chi connectivity index (χ1v) is 7.86. The summed E-state index contributed by atoms with van der Waals surface area (Å²) in [5.74, 6) is 0.940. The molecule has 2 nitrogen and oxygen atoms in total. The zero-order valence-electron chi connectivity index (χ0n) is 12.4. The lowest BCUT2D eigenvalue weighted by atomic mass is 9.90. The largest absolute Gasteiger partial charge is 0.508 e. The quantitative estimate of drug-likeness (QED) is 0.921. The number of nitrogens with zero attached hydrogens (tertiary/aromatic N) is 1. The molecule has 110 valence electrons. The van der Waals surface area contributed by atoms with Gasteiger partial charge in [-0.2, -0.15) is 0 Å². The van der Waals surface area contributed by atoms with E-state index in [1.54, 1.807) is 6.07 Å². The molecule has 1 N–H and O–H groups in total. The van der Waals surface area contributed by atoms with E-state index in [0.29, 0.717) is 11.7 Å². The van der Waals surface area contributed by atoms with Gasteiger partial charge < -0.3 is 10.0 Å². The summed E-state index contributed by atoms with van der Waals surface area (Å²) in [6.45, 7) is 3.43. The molecule has 2 heteroatoms. The van der Waals surface area contributed by atoms with E-state index in [0.717, 1.165) is 19.5 Å². The molecule has 1 saturated heterocycles. The molecule has 1 aliphatic heterocycles. The van der Waals surface area contributed by atoms with Crippen molar-refractivity contribution in [1.29, 1.82) is 0 Å². The molecule has 0 saturated carbocycles. The van der Waals surface area contributed by atoms with E-state index in [2.05, 4.69) is 41.3 Å². The first-order valence-electron chi connectivity index (χ1n) is 7.86. The Bertz CT molecular complexity index is 567. The van der Waals surface area contributed by atoms with E-state index in [1.165, 1.54) is 30.5 Å². The van der Waals surface area contributed by atoms with Gasteiger partial charge in [0, 0.05) is 13.1 Å². The van der Waals surface area contributed by atoms with E-state index < -0.39 is 0 Å². The number of rotatable bonds is 4. The molecule has 0 amide bonds. The molecule has 0 aromatic heterocycles. The van der Waals surface area contributed by atoms with Gasteiger partial charge in [0.2, 0.25) is 0 Å². The van der Waals surface area contributed by atoms with Gasteiger partial charge in [0.05, 0.1) is 0 Å². The second-order valence-corrected chi connectivity index (χ2v) is 5.97. The molecule has 2 aromatic carbocycles. The molecular formula is C19H23NO. The highest BCUT2D eigenvalue weighted by atomic mass is 16.3. The van der Waals surface area contributed by atoms with Crippen molar-refractivity contribution < 1.29 is 5.11 Å². The fraction of sp³-hybridized carbons (Fsp3) is 0.368. The molecular weight excluding hydrogens is 258 g/mol. The van der Waals surface area contributed by atoms with Crippen LogP contribution in [0.25, 0.3) is 0 Å². The van der Waals surface area contributed by atoms with Crippen LogP contribution in [0.1, 0.15) is 29.9 Å². The van der Waals surface area contributed by atoms with Gasteiger partial charge in [-0.05, 0) is 55.0 Å². The normalized spacial score (nSPS) is 19.5. The van der Waals surface area contributed by atoms with E-state index in [-0.39, 0.29) is 0 Å². The van der Waals surface area contributed by atoms with Crippen LogP contribution >= 0.6 is 0 Å². The van der Waals surface area contributed by atoms with Gasteiger partial charge in [0.25, 0.3) is 0 Å². The Kier molecular flexibility index (Phi) is 4.56. The predicted octanol–water partition coefficient (Wildman–Crippen LogP) is 3.81. The molecule has 21 heavy (non-hydrogen) atoms. The van der Waals surface area contributed by atoms with Crippen LogP contribution in [-0.2, 0) is 6.42 Å². The molecule has 2 aromatic rings. The number of likely N-dealkylation sites (tertiary alicyclic amines) is 1. The highest BCUT2D eigenvalue weighted by Gasteiger charge is 2.21. The molecule has 1 heterocycles. The van der Waals surface area contributed by atoms with Gasteiger partial charge in [0.1, 0.15) is 5.75 Å². The van der Waals surface area contributed by atoms with Crippen molar-refractivity contribution in [2.24, 2.45) is 0 Å². The average molecular weight is 281 g/mol. The van der Waals surface area contributed by atoms with E-state index in [1.807, 2.05) is 12.1 Å². The second kappa shape index (κ2) is 6.77. The Morgan fingerprint density at radius 1 is 1.05 bits per heavy atom. The molecule has 3 rings (SSSR count). The maximum absolute atomic E-state index is 9.65. The Morgan fingerprint density at radius 2 is 1.90 bits per heavy atom. The summed E-state index contributed by atoms with van der Waals surface area (Å²) in [4.78, 5) is 2.56. The topological polar surface area (TPSA) is 23.5 Å². The smallest absolute Gasteiger partial charge is 0.115 e. The Hall–Kier alpha value is -1.80. The highest BCUT2D eigenvalue weighted by molar-refractivity contribution is 5.30. The Labute approximate surface area is 127 Å². The number of hydrogen-bond acceptors (Lipinski definition) is 2. The third-order valence-corrected chi connectivity index (χ3v) is 4.41. The van der Waals surface area contributed by atoms with Crippen LogP contribution in [0.15, 0.2) is 54.6 Å². The minimum atomic E-state index is 0.383. The number of hydrogen-bond donors (Lipinski definition) is 1. The average Bonchev–Trinajstić information content (AvgIpc) is 2.54. The van der Waals surface area contributed by atoms with Crippen molar-refractivity contribution in [3.05, 3.63) is 65.7 Å². The van der Waals surface area contributed by atoms with Gasteiger partial charge in [0.15, 0.2) is 0 Å². The lowest BCUT2D eigenvalue weighted by Gasteiger charge is -2.33. The molecule has 0 unspecified atom stereocenters. The third kappa shape index (κ3) is 3.85. The van der Waals surface area contributed by atoms with Gasteiger partial charge in [-0.3, -0.25) is 0 Å². The zero-order chi connectivity index (χ0) is 14.5. The lowest BCUT2D eigenvalue weighted by molar-refractivity contribution is 0.210. The van der Waals surface area contributed by atoms with Crippen molar-refractivity contribution >= 4 is 0 Å². The molecule has 1 fully saturated rings. The van der Waals surface area contributed by atoms with E-state index in [9.17, 15) is 5.11 Å². The van der Waals surface area contributed by atoms with E-state index >= 15 is 0 Å². The van der Waals surface area contributed by atoms with Crippen LogP contribution in [0, 0.1) is 0 Å². The molecule has 0 bridgehead atoms. The fourth-order valence-electron chi connectivity index (χ4n) is 3.24. The summed E-state index contributed by atoms with van der Waals surface area (Å²) >= 11 is 0. The molecule has 1 aliphatic rings. The standard InChI is InChI=1S/C19H23NO/c21-19-10-4-8-17(14-19)18-9-5-12-20(15-18)13-11-16-6-2-1-3-7-16/h1-4,6-8,10,14,18,21H,5,9,11-13,15H2/t18-/m1/s1. The minimum absolute atomic E-state index is 0.383. The number of benzene rings is 2. The maximum Gasteiger partial charge on any atom is 0.115 e. The number of phenolic OH excluding ortho intramolecular Hbond substituents is 1. The van der Waals surface area contributed by atoms with Crippen LogP contribution in [0.4, 0.5) is 0 Å². The molecule has 0 radical (unpaired) electrons. The molecule has 1 atom stereocenters. The first kappa shape index (κ1) is 14.2. The van der Waals surface area contributed by atoms with Crippen molar-refractivity contribution in [3.8, 4) is 5.75 Å². The van der Waals surface area contributed by atoms with Crippen molar-refractivity contribution in [2.75, 3.05) is 19.6 Å². The predicted molar refractivity (Wildman–Crippen MR) is 86.7 cm³/mol. The van der Waals surface area contributed by atoms with Gasteiger partial charge in [-0.15, -0.1) is 0 Å². The van der Waals surface area contributed by atoms with Crippen molar-refractivity contribution in [3.63, 3.8) is 0 Å². The third-order valence-electron chi connectivity index (χ3n) is 4.41. The van der Waals surface area contributed by atoms with Gasteiger partial charge in [-0.25, -0.2) is 0 Å². The van der Waals surface area contributed by atoms with Crippen LogP contribution < -0.4 is 0 Å². The summed E-state index contributed by atoms with van der Waals surface area (Å²) in [6, 6.07) is 18.5. The maximum atomic E-state index is 9.65. The first-order chi connectivity index (χ1) is 10.3. The minimum Gasteiger partial charge on any atom is -0.508 e. The van der Waals surface area contributed by atoms with Crippen LogP contribution in [0.2, 0.25) is 0 Å². The lowest BCUT2D eigenvalue weighted by Crippen LogP contribution is -2.35. The SMILES string of the molecule is Oc1cccc([C@@H]2CCCN(CCc3ccccc3)C2)c1. The summed E-state index contributed by atoms with van der Waals surface area (Å²) in [6.07, 6.45) is 3.59. The van der Waals surface area contributed by atoms with Crippen LogP contribution in [-0.4, -0.2) is 29.6 Å². The summed E-state index contributed by atoms with van der Waals surface area (Å²) in [5, 5.41) is 9.65. The summed E-state index contributed by atoms with van der Waals surface area (Å²) < 4.78 is 0. The van der Waals surface area contributed by atoms with E-state index in [4.69, 9.17) is 0 Å². The monoisotopic (exact) mass is 281 g/mol. The van der Waals surface area contributed by atoms with Crippen LogP contribution in [0.3, 0.4) is 0 Å². The summed E-state index contributed by atoms with van der Waals surface area (Å²) in [7, 11) is 0. The van der Waals surface area contributed by atoms with Crippen molar-refractivity contribution in [1.82, 2.24) is 4.90 Å². The van der Waals surface area contributed by atoms with Gasteiger partial charge in [-0.1, -0.05) is 42.5 Å². The van der Waals surface area contributed by atoms with Crippen molar-refractivity contribution in [2.45, 2.75) is 25.2 Å². The van der Waals surface area contributed by atoms with Gasteiger partial charge >= 0.3 is 0 Å². The number of phenols is 1. The zero-order valence-corrected chi connectivity index (χ0v) is 12.4. The Balaban J connectivity index is 1.58. The number of piperidine rings is 1. The molecule has 0 aliphatic carbocycles. The number of aromatic hydroxyl groups is 1.